The first-order valence-corrected chi connectivity index (χ1v) is 5.09. The highest BCUT2D eigenvalue weighted by molar-refractivity contribution is 9.10. The van der Waals surface area contributed by atoms with Crippen molar-refractivity contribution in [1.82, 2.24) is 0 Å². The van der Waals surface area contributed by atoms with Gasteiger partial charge in [-0.2, -0.15) is 0 Å². The number of benzene rings is 1. The second-order valence-electron chi connectivity index (χ2n) is 2.86. The Labute approximate surface area is 91.4 Å². The molecule has 0 spiro atoms. The maximum absolute atomic E-state index is 11.5. The van der Waals surface area contributed by atoms with Crippen LogP contribution in [-0.4, -0.2) is 12.6 Å². The fourth-order valence-electron chi connectivity index (χ4n) is 1.18. The van der Waals surface area contributed by atoms with Crippen LogP contribution >= 0.6 is 15.9 Å². The van der Waals surface area contributed by atoms with Gasteiger partial charge in [-0.25, -0.2) is 4.79 Å². The Kier molecular flexibility index (Phi) is 3.52. The molecule has 1 aromatic rings. The molecule has 0 atom stereocenters. The summed E-state index contributed by atoms with van der Waals surface area (Å²) >= 11 is 3.34. The number of hydrogen-bond donors (Lipinski definition) is 1. The molecule has 0 saturated carbocycles. The zero-order chi connectivity index (χ0) is 10.7. The van der Waals surface area contributed by atoms with Gasteiger partial charge >= 0.3 is 5.97 Å². The van der Waals surface area contributed by atoms with Crippen molar-refractivity contribution in [1.29, 1.82) is 0 Å². The summed E-state index contributed by atoms with van der Waals surface area (Å²) in [5.41, 5.74) is 7.40. The van der Waals surface area contributed by atoms with Gasteiger partial charge in [0.15, 0.2) is 0 Å². The number of anilines is 1. The normalized spacial score (nSPS) is 9.93. The maximum Gasteiger partial charge on any atom is 0.340 e. The van der Waals surface area contributed by atoms with E-state index in [1.165, 1.54) is 0 Å². The van der Waals surface area contributed by atoms with Crippen molar-refractivity contribution < 1.29 is 9.53 Å². The third-order valence-electron chi connectivity index (χ3n) is 1.91. The van der Waals surface area contributed by atoms with Crippen molar-refractivity contribution in [2.45, 2.75) is 13.8 Å². The molecule has 76 valence electrons. The lowest BCUT2D eigenvalue weighted by atomic mass is 10.1. The number of nitrogen functional groups attached to an aromatic ring is 1. The fourth-order valence-corrected chi connectivity index (χ4v) is 1.51. The van der Waals surface area contributed by atoms with Crippen LogP contribution in [0.2, 0.25) is 0 Å². The Bertz CT molecular complexity index is 363. The molecule has 1 rings (SSSR count). The summed E-state index contributed by atoms with van der Waals surface area (Å²) < 4.78 is 5.76. The van der Waals surface area contributed by atoms with Gasteiger partial charge in [0.1, 0.15) is 0 Å². The van der Waals surface area contributed by atoms with E-state index in [0.717, 1.165) is 10.0 Å². The number of ether oxygens (including phenoxy) is 1. The van der Waals surface area contributed by atoms with E-state index in [4.69, 9.17) is 10.5 Å². The predicted molar refractivity (Wildman–Crippen MR) is 59.2 cm³/mol. The first-order chi connectivity index (χ1) is 6.57. The van der Waals surface area contributed by atoms with E-state index in [0.29, 0.717) is 17.9 Å². The molecule has 2 N–H and O–H groups in total. The summed E-state index contributed by atoms with van der Waals surface area (Å²) in [7, 11) is 0. The molecule has 0 bridgehead atoms. The number of hydrogen-bond acceptors (Lipinski definition) is 3. The number of carbonyl (C=O) groups is 1. The molecule has 0 unspecified atom stereocenters. The van der Waals surface area contributed by atoms with Crippen LogP contribution in [0.1, 0.15) is 22.8 Å². The molecule has 4 heteroatoms. The minimum absolute atomic E-state index is 0.351. The van der Waals surface area contributed by atoms with E-state index in [-0.39, 0.29) is 5.97 Å². The van der Waals surface area contributed by atoms with Crippen LogP contribution in [0.4, 0.5) is 5.69 Å². The molecule has 1 aromatic carbocycles. The largest absolute Gasteiger partial charge is 0.462 e. The smallest absolute Gasteiger partial charge is 0.340 e. The highest BCUT2D eigenvalue weighted by Crippen LogP contribution is 2.25. The van der Waals surface area contributed by atoms with Crippen molar-refractivity contribution in [2.75, 3.05) is 12.3 Å². The van der Waals surface area contributed by atoms with Crippen LogP contribution in [0.25, 0.3) is 0 Å². The monoisotopic (exact) mass is 257 g/mol. The Morgan fingerprint density at radius 3 is 2.79 bits per heavy atom. The summed E-state index contributed by atoms with van der Waals surface area (Å²) in [5, 5.41) is 0. The predicted octanol–water partition coefficient (Wildman–Crippen LogP) is 2.52. The average Bonchev–Trinajstić information content (AvgIpc) is 2.13. The van der Waals surface area contributed by atoms with E-state index in [1.807, 2.05) is 13.0 Å². The second-order valence-corrected chi connectivity index (χ2v) is 3.71. The van der Waals surface area contributed by atoms with Gasteiger partial charge in [-0.3, -0.25) is 0 Å². The first kappa shape index (κ1) is 11.0. The zero-order valence-electron chi connectivity index (χ0n) is 8.13. The topological polar surface area (TPSA) is 52.3 Å². The van der Waals surface area contributed by atoms with Gasteiger partial charge in [0.25, 0.3) is 0 Å². The van der Waals surface area contributed by atoms with Gasteiger partial charge in [0.05, 0.1) is 12.2 Å². The van der Waals surface area contributed by atoms with E-state index in [2.05, 4.69) is 15.9 Å². The van der Waals surface area contributed by atoms with Crippen molar-refractivity contribution in [3.05, 3.63) is 27.7 Å². The molecule has 0 radical (unpaired) electrons. The number of nitrogens with two attached hydrogens (primary N) is 1. The lowest BCUT2D eigenvalue weighted by Gasteiger charge is -2.09. The van der Waals surface area contributed by atoms with Gasteiger partial charge in [0.2, 0.25) is 0 Å². The van der Waals surface area contributed by atoms with Crippen LogP contribution in [-0.2, 0) is 4.74 Å². The van der Waals surface area contributed by atoms with Gasteiger partial charge in [-0.05, 0) is 31.5 Å². The van der Waals surface area contributed by atoms with Crippen molar-refractivity contribution in [2.24, 2.45) is 0 Å². The van der Waals surface area contributed by atoms with Gasteiger partial charge in [-0.15, -0.1) is 0 Å². The molecule has 3 nitrogen and oxygen atoms in total. The zero-order valence-corrected chi connectivity index (χ0v) is 9.72. The quantitative estimate of drug-likeness (QED) is 0.655. The van der Waals surface area contributed by atoms with Crippen LogP contribution in [0.15, 0.2) is 16.6 Å². The van der Waals surface area contributed by atoms with Crippen molar-refractivity contribution >= 4 is 27.6 Å². The summed E-state index contributed by atoms with van der Waals surface area (Å²) in [6.07, 6.45) is 0. The minimum atomic E-state index is -0.371. The molecule has 14 heavy (non-hydrogen) atoms. The van der Waals surface area contributed by atoms with Gasteiger partial charge < -0.3 is 10.5 Å². The van der Waals surface area contributed by atoms with Gasteiger partial charge in [-0.1, -0.05) is 15.9 Å². The van der Waals surface area contributed by atoms with E-state index < -0.39 is 0 Å². The lowest BCUT2D eigenvalue weighted by Crippen LogP contribution is -2.10. The molecular weight excluding hydrogens is 246 g/mol. The van der Waals surface area contributed by atoms with Crippen LogP contribution in [0.3, 0.4) is 0 Å². The number of esters is 1. The standard InChI is InChI=1S/C10H12BrNO2/c1-3-14-10(13)9-6(2)7(11)4-5-8(9)12/h4-5H,3,12H2,1-2H3. The maximum atomic E-state index is 11.5. The molecule has 0 aliphatic rings. The molecule has 0 saturated heterocycles. The number of rotatable bonds is 2. The number of halogens is 1. The van der Waals surface area contributed by atoms with Crippen LogP contribution < -0.4 is 5.73 Å². The SMILES string of the molecule is CCOC(=O)c1c(N)ccc(Br)c1C. The van der Waals surface area contributed by atoms with E-state index in [9.17, 15) is 4.79 Å². The van der Waals surface area contributed by atoms with E-state index in [1.54, 1.807) is 13.0 Å². The molecule has 0 fully saturated rings. The number of carbonyl (C=O) groups excluding carboxylic acids is 1. The molecule has 0 aliphatic heterocycles. The van der Waals surface area contributed by atoms with Gasteiger partial charge in [0, 0.05) is 10.2 Å². The van der Waals surface area contributed by atoms with Crippen molar-refractivity contribution in [3.8, 4) is 0 Å². The van der Waals surface area contributed by atoms with Crippen molar-refractivity contribution in [3.63, 3.8) is 0 Å². The Balaban J connectivity index is 3.18. The molecule has 0 aliphatic carbocycles. The summed E-state index contributed by atoms with van der Waals surface area (Å²) in [4.78, 5) is 11.5. The summed E-state index contributed by atoms with van der Waals surface area (Å²) in [6, 6.07) is 3.50. The van der Waals surface area contributed by atoms with E-state index >= 15 is 0 Å². The second kappa shape index (κ2) is 4.46. The third-order valence-corrected chi connectivity index (χ3v) is 2.77. The van der Waals surface area contributed by atoms with Crippen LogP contribution in [0, 0.1) is 6.92 Å². The Hall–Kier alpha value is -1.03. The molecule has 0 amide bonds. The first-order valence-electron chi connectivity index (χ1n) is 4.29. The minimum Gasteiger partial charge on any atom is -0.462 e. The summed E-state index contributed by atoms with van der Waals surface area (Å²) in [5.74, 6) is -0.371. The lowest BCUT2D eigenvalue weighted by molar-refractivity contribution is 0.0526. The fraction of sp³-hybridized carbons (Fsp3) is 0.300. The highest BCUT2D eigenvalue weighted by Gasteiger charge is 2.15. The molecule has 0 heterocycles. The summed E-state index contributed by atoms with van der Waals surface area (Å²) in [6.45, 7) is 3.94. The van der Waals surface area contributed by atoms with Crippen LogP contribution in [0.5, 0.6) is 0 Å². The highest BCUT2D eigenvalue weighted by atomic mass is 79.9. The molecular formula is C10H12BrNO2. The third kappa shape index (κ3) is 2.07. The Morgan fingerprint density at radius 1 is 1.57 bits per heavy atom. The Morgan fingerprint density at radius 2 is 2.21 bits per heavy atom. The average molecular weight is 258 g/mol. The molecule has 0 aromatic heterocycles.